The molecule has 3 nitrogen and oxygen atoms in total. The molecule has 1 aromatic rings. The van der Waals surface area contributed by atoms with Crippen molar-refractivity contribution in [3.63, 3.8) is 0 Å². The molecule has 76 valence electrons. The Morgan fingerprint density at radius 1 is 1.43 bits per heavy atom. The first kappa shape index (κ1) is 10.6. The molecule has 0 aliphatic heterocycles. The van der Waals surface area contributed by atoms with Crippen molar-refractivity contribution in [2.75, 3.05) is 6.54 Å². The molecule has 0 radical (unpaired) electrons. The van der Waals surface area contributed by atoms with Gasteiger partial charge in [-0.2, -0.15) is 0 Å². The van der Waals surface area contributed by atoms with Crippen molar-refractivity contribution in [2.45, 2.75) is 19.3 Å². The van der Waals surface area contributed by atoms with Gasteiger partial charge in [0.2, 0.25) is 0 Å². The minimum atomic E-state index is -0.453. The van der Waals surface area contributed by atoms with Crippen LogP contribution < -0.4 is 11.1 Å². The highest BCUT2D eigenvalue weighted by molar-refractivity contribution is 5.71. The average molecular weight is 192 g/mol. The quantitative estimate of drug-likeness (QED) is 0.751. The summed E-state index contributed by atoms with van der Waals surface area (Å²) in [5.41, 5.74) is 6.26. The van der Waals surface area contributed by atoms with E-state index in [2.05, 4.69) is 24.4 Å². The van der Waals surface area contributed by atoms with Crippen molar-refractivity contribution in [1.82, 2.24) is 5.32 Å². The SMILES string of the molecule is CC(CCNC(N)=O)c1ccccc1. The van der Waals surface area contributed by atoms with Crippen LogP contribution in [-0.2, 0) is 0 Å². The van der Waals surface area contributed by atoms with Crippen LogP contribution in [0.1, 0.15) is 24.8 Å². The van der Waals surface area contributed by atoms with E-state index in [0.29, 0.717) is 12.5 Å². The van der Waals surface area contributed by atoms with E-state index in [1.807, 2.05) is 18.2 Å². The fraction of sp³-hybridized carbons (Fsp3) is 0.364. The van der Waals surface area contributed by atoms with Crippen LogP contribution in [0.5, 0.6) is 0 Å². The Morgan fingerprint density at radius 2 is 2.07 bits per heavy atom. The third kappa shape index (κ3) is 3.47. The van der Waals surface area contributed by atoms with Gasteiger partial charge >= 0.3 is 6.03 Å². The summed E-state index contributed by atoms with van der Waals surface area (Å²) in [6.07, 6.45) is 0.910. The fourth-order valence-corrected chi connectivity index (χ4v) is 1.36. The molecule has 1 aromatic carbocycles. The van der Waals surface area contributed by atoms with Gasteiger partial charge < -0.3 is 11.1 Å². The first-order valence-corrected chi connectivity index (χ1v) is 4.78. The minimum Gasteiger partial charge on any atom is -0.352 e. The molecule has 3 N–H and O–H groups in total. The summed E-state index contributed by atoms with van der Waals surface area (Å²) in [4.78, 5) is 10.4. The molecule has 0 aromatic heterocycles. The molecule has 0 bridgehead atoms. The number of nitrogens with one attached hydrogen (secondary N) is 1. The van der Waals surface area contributed by atoms with Crippen LogP contribution in [0.4, 0.5) is 4.79 Å². The van der Waals surface area contributed by atoms with Crippen LogP contribution in [-0.4, -0.2) is 12.6 Å². The highest BCUT2D eigenvalue weighted by Gasteiger charge is 2.04. The number of hydrogen-bond donors (Lipinski definition) is 2. The highest BCUT2D eigenvalue weighted by atomic mass is 16.2. The largest absolute Gasteiger partial charge is 0.352 e. The standard InChI is InChI=1S/C11H16N2O/c1-9(7-8-13-11(12)14)10-5-3-2-4-6-10/h2-6,9H,7-8H2,1H3,(H3,12,13,14). The van der Waals surface area contributed by atoms with Gasteiger partial charge in [-0.1, -0.05) is 37.3 Å². The summed E-state index contributed by atoms with van der Waals surface area (Å²) >= 11 is 0. The zero-order chi connectivity index (χ0) is 10.4. The first-order valence-electron chi connectivity index (χ1n) is 4.78. The Kier molecular flexibility index (Phi) is 3.98. The zero-order valence-electron chi connectivity index (χ0n) is 8.36. The number of urea groups is 1. The van der Waals surface area contributed by atoms with Gasteiger partial charge in [-0.15, -0.1) is 0 Å². The number of hydrogen-bond acceptors (Lipinski definition) is 1. The van der Waals surface area contributed by atoms with Crippen LogP contribution in [0.2, 0.25) is 0 Å². The van der Waals surface area contributed by atoms with Crippen LogP contribution in [0.3, 0.4) is 0 Å². The van der Waals surface area contributed by atoms with E-state index in [4.69, 9.17) is 5.73 Å². The van der Waals surface area contributed by atoms with Crippen LogP contribution in [0.25, 0.3) is 0 Å². The minimum absolute atomic E-state index is 0.447. The van der Waals surface area contributed by atoms with Crippen molar-refractivity contribution in [3.8, 4) is 0 Å². The lowest BCUT2D eigenvalue weighted by atomic mass is 9.98. The van der Waals surface area contributed by atoms with E-state index in [1.54, 1.807) is 0 Å². The summed E-state index contributed by atoms with van der Waals surface area (Å²) in [5, 5.41) is 2.59. The zero-order valence-corrected chi connectivity index (χ0v) is 8.36. The number of benzene rings is 1. The average Bonchev–Trinajstić information content (AvgIpc) is 2.18. The van der Waals surface area contributed by atoms with Gasteiger partial charge in [-0.3, -0.25) is 0 Å². The number of rotatable bonds is 4. The lowest BCUT2D eigenvalue weighted by Gasteiger charge is -2.11. The highest BCUT2D eigenvalue weighted by Crippen LogP contribution is 2.17. The molecule has 14 heavy (non-hydrogen) atoms. The van der Waals surface area contributed by atoms with Crippen molar-refractivity contribution in [1.29, 1.82) is 0 Å². The topological polar surface area (TPSA) is 55.1 Å². The van der Waals surface area contributed by atoms with Gasteiger partial charge in [0.15, 0.2) is 0 Å². The Balaban J connectivity index is 2.36. The smallest absolute Gasteiger partial charge is 0.312 e. The van der Waals surface area contributed by atoms with Gasteiger partial charge in [0, 0.05) is 6.54 Å². The lowest BCUT2D eigenvalue weighted by molar-refractivity contribution is 0.248. The third-order valence-corrected chi connectivity index (χ3v) is 2.25. The summed E-state index contributed by atoms with van der Waals surface area (Å²) < 4.78 is 0. The maximum Gasteiger partial charge on any atom is 0.312 e. The number of primary amides is 1. The van der Waals surface area contributed by atoms with Gasteiger partial charge in [0.05, 0.1) is 0 Å². The molecule has 0 heterocycles. The maximum atomic E-state index is 10.4. The second-order valence-electron chi connectivity index (χ2n) is 3.39. The van der Waals surface area contributed by atoms with Gasteiger partial charge in [0.1, 0.15) is 0 Å². The molecule has 1 unspecified atom stereocenters. The second kappa shape index (κ2) is 5.27. The molecule has 0 aliphatic carbocycles. The molecule has 1 rings (SSSR count). The third-order valence-electron chi connectivity index (χ3n) is 2.25. The van der Waals surface area contributed by atoms with E-state index in [0.717, 1.165) is 6.42 Å². The van der Waals surface area contributed by atoms with Crippen molar-refractivity contribution < 1.29 is 4.79 Å². The lowest BCUT2D eigenvalue weighted by Crippen LogP contribution is -2.30. The first-order chi connectivity index (χ1) is 6.70. The molecular formula is C11H16N2O. The van der Waals surface area contributed by atoms with Crippen LogP contribution in [0, 0.1) is 0 Å². The molecule has 0 fully saturated rings. The Labute approximate surface area is 84.3 Å². The Hall–Kier alpha value is -1.51. The molecule has 3 heteroatoms. The maximum absolute atomic E-state index is 10.4. The second-order valence-corrected chi connectivity index (χ2v) is 3.39. The van der Waals surface area contributed by atoms with E-state index >= 15 is 0 Å². The normalized spacial score (nSPS) is 12.1. The molecule has 0 aliphatic rings. The molecule has 1 atom stereocenters. The summed E-state index contributed by atoms with van der Waals surface area (Å²) in [6, 6.07) is 9.77. The van der Waals surface area contributed by atoms with Crippen molar-refractivity contribution >= 4 is 6.03 Å². The molecule has 0 saturated heterocycles. The fourth-order valence-electron chi connectivity index (χ4n) is 1.36. The van der Waals surface area contributed by atoms with Crippen molar-refractivity contribution in [3.05, 3.63) is 35.9 Å². The molecular weight excluding hydrogens is 176 g/mol. The van der Waals surface area contributed by atoms with Crippen molar-refractivity contribution in [2.24, 2.45) is 5.73 Å². The van der Waals surface area contributed by atoms with Gasteiger partial charge in [-0.05, 0) is 17.9 Å². The number of amides is 2. The number of carbonyl (C=O) groups excluding carboxylic acids is 1. The van der Waals surface area contributed by atoms with Crippen LogP contribution >= 0.6 is 0 Å². The monoisotopic (exact) mass is 192 g/mol. The summed E-state index contributed by atoms with van der Waals surface area (Å²) in [6.45, 7) is 2.77. The molecule has 2 amide bonds. The van der Waals surface area contributed by atoms with E-state index in [1.165, 1.54) is 5.56 Å². The van der Waals surface area contributed by atoms with Gasteiger partial charge in [0.25, 0.3) is 0 Å². The summed E-state index contributed by atoms with van der Waals surface area (Å²) in [7, 11) is 0. The van der Waals surface area contributed by atoms with Gasteiger partial charge in [-0.25, -0.2) is 4.79 Å². The summed E-state index contributed by atoms with van der Waals surface area (Å²) in [5.74, 6) is 0.447. The number of carbonyl (C=O) groups is 1. The predicted octanol–water partition coefficient (Wildman–Crippen LogP) is 1.85. The molecule has 0 spiro atoms. The predicted molar refractivity (Wildman–Crippen MR) is 57.1 cm³/mol. The molecule has 0 saturated carbocycles. The van der Waals surface area contributed by atoms with E-state index in [9.17, 15) is 4.79 Å². The number of nitrogens with two attached hydrogens (primary N) is 1. The van der Waals surface area contributed by atoms with E-state index < -0.39 is 6.03 Å². The van der Waals surface area contributed by atoms with Crippen LogP contribution in [0.15, 0.2) is 30.3 Å². The Morgan fingerprint density at radius 3 is 2.64 bits per heavy atom. The Bertz CT molecular complexity index is 285. The van der Waals surface area contributed by atoms with E-state index in [-0.39, 0.29) is 0 Å².